The van der Waals surface area contributed by atoms with E-state index < -0.39 is 0 Å². The minimum atomic E-state index is 0.700. The van der Waals surface area contributed by atoms with Crippen molar-refractivity contribution in [2.45, 2.75) is 44.7 Å². The summed E-state index contributed by atoms with van der Waals surface area (Å²) in [6, 6.07) is 10.9. The molecule has 0 saturated heterocycles. The van der Waals surface area contributed by atoms with Crippen molar-refractivity contribution in [3.63, 3.8) is 0 Å². The first-order valence-electron chi connectivity index (χ1n) is 9.04. The van der Waals surface area contributed by atoms with E-state index in [4.69, 9.17) is 0 Å². The highest BCUT2D eigenvalue weighted by Crippen LogP contribution is 2.53. The Bertz CT molecular complexity index is 650. The summed E-state index contributed by atoms with van der Waals surface area (Å²) < 4.78 is 1.87. The lowest BCUT2D eigenvalue weighted by Crippen LogP contribution is -2.54. The van der Waals surface area contributed by atoms with Gasteiger partial charge in [0.2, 0.25) is 0 Å². The maximum Gasteiger partial charge on any atom is 0.164 e. The fourth-order valence-electron chi connectivity index (χ4n) is 5.55. The third kappa shape index (κ3) is 2.49. The lowest BCUT2D eigenvalue weighted by Gasteiger charge is -2.54. The number of benzene rings is 1. The van der Waals surface area contributed by atoms with Crippen LogP contribution in [0.25, 0.3) is 5.69 Å². The van der Waals surface area contributed by atoms with E-state index in [0.717, 1.165) is 41.7 Å². The van der Waals surface area contributed by atoms with E-state index in [0.29, 0.717) is 6.04 Å². The molecule has 6 rings (SSSR count). The zero-order valence-corrected chi connectivity index (χ0v) is 13.4. The monoisotopic (exact) mass is 308 g/mol. The van der Waals surface area contributed by atoms with Gasteiger partial charge in [-0.3, -0.25) is 0 Å². The molecule has 4 heteroatoms. The maximum atomic E-state index is 4.63. The van der Waals surface area contributed by atoms with Crippen LogP contribution in [0.15, 0.2) is 36.7 Å². The zero-order chi connectivity index (χ0) is 15.2. The summed E-state index contributed by atoms with van der Waals surface area (Å²) in [5, 5.41) is 8.43. The first-order valence-corrected chi connectivity index (χ1v) is 9.04. The van der Waals surface area contributed by atoms with Crippen LogP contribution in [0.1, 0.15) is 37.9 Å². The van der Waals surface area contributed by atoms with Crippen molar-refractivity contribution in [2.75, 3.05) is 0 Å². The Labute approximate surface area is 137 Å². The number of hydrogen-bond donors (Lipinski definition) is 1. The van der Waals surface area contributed by atoms with Gasteiger partial charge in [0.25, 0.3) is 0 Å². The van der Waals surface area contributed by atoms with Gasteiger partial charge in [-0.05, 0) is 67.9 Å². The average Bonchev–Trinajstić information content (AvgIpc) is 3.03. The second-order valence-electron chi connectivity index (χ2n) is 7.78. The van der Waals surface area contributed by atoms with Crippen LogP contribution in [-0.4, -0.2) is 20.8 Å². The standard InChI is InChI=1S/C19H24N4/c1-2-4-17(5-3-1)23-12-21-18(22-23)11-20-19-15-7-13-6-14(9-15)10-16(19)8-13/h1-5,12-16,19-20H,6-11H2. The summed E-state index contributed by atoms with van der Waals surface area (Å²) in [4.78, 5) is 4.48. The van der Waals surface area contributed by atoms with Gasteiger partial charge in [-0.25, -0.2) is 9.67 Å². The highest BCUT2D eigenvalue weighted by Gasteiger charge is 2.47. The molecule has 4 aliphatic rings. The minimum absolute atomic E-state index is 0.700. The van der Waals surface area contributed by atoms with Crippen LogP contribution in [0.2, 0.25) is 0 Å². The normalized spacial score (nSPS) is 34.9. The van der Waals surface area contributed by atoms with Crippen molar-refractivity contribution >= 4 is 0 Å². The molecule has 0 unspecified atom stereocenters. The highest BCUT2D eigenvalue weighted by molar-refractivity contribution is 5.29. The van der Waals surface area contributed by atoms with Gasteiger partial charge in [0.1, 0.15) is 6.33 Å². The van der Waals surface area contributed by atoms with Crippen LogP contribution in [0.5, 0.6) is 0 Å². The lowest BCUT2D eigenvalue weighted by molar-refractivity contribution is -0.0144. The molecule has 0 radical (unpaired) electrons. The molecule has 4 aliphatic carbocycles. The maximum absolute atomic E-state index is 4.63. The number of hydrogen-bond acceptors (Lipinski definition) is 3. The fourth-order valence-corrected chi connectivity index (χ4v) is 5.55. The molecule has 0 amide bonds. The smallest absolute Gasteiger partial charge is 0.164 e. The van der Waals surface area contributed by atoms with Gasteiger partial charge >= 0.3 is 0 Å². The molecule has 2 aromatic rings. The van der Waals surface area contributed by atoms with E-state index in [9.17, 15) is 0 Å². The second kappa shape index (κ2) is 5.45. The number of para-hydroxylation sites is 1. The number of nitrogens with zero attached hydrogens (tertiary/aromatic N) is 3. The summed E-state index contributed by atoms with van der Waals surface area (Å²) in [6.07, 6.45) is 9.16. The Balaban J connectivity index is 1.26. The summed E-state index contributed by atoms with van der Waals surface area (Å²) in [5.41, 5.74) is 1.07. The van der Waals surface area contributed by atoms with Crippen molar-refractivity contribution in [1.82, 2.24) is 20.1 Å². The van der Waals surface area contributed by atoms with Crippen LogP contribution in [0, 0.1) is 23.7 Å². The van der Waals surface area contributed by atoms with Gasteiger partial charge in [-0.2, -0.15) is 0 Å². The summed E-state index contributed by atoms with van der Waals surface area (Å²) >= 11 is 0. The van der Waals surface area contributed by atoms with Crippen molar-refractivity contribution in [2.24, 2.45) is 23.7 Å². The Kier molecular flexibility index (Phi) is 3.25. The quantitative estimate of drug-likeness (QED) is 0.943. The number of rotatable bonds is 4. The predicted octanol–water partition coefficient (Wildman–Crippen LogP) is 3.18. The molecule has 0 spiro atoms. The summed E-state index contributed by atoms with van der Waals surface area (Å²) in [7, 11) is 0. The van der Waals surface area contributed by atoms with E-state index in [1.807, 2.05) is 29.2 Å². The molecule has 1 aromatic carbocycles. The van der Waals surface area contributed by atoms with Gasteiger partial charge in [-0.1, -0.05) is 18.2 Å². The average molecular weight is 308 g/mol. The molecule has 4 bridgehead atoms. The first-order chi connectivity index (χ1) is 11.3. The Morgan fingerprint density at radius 1 is 0.957 bits per heavy atom. The third-order valence-electron chi connectivity index (χ3n) is 6.28. The molecule has 1 aromatic heterocycles. The lowest BCUT2D eigenvalue weighted by atomic mass is 9.54. The fraction of sp³-hybridized carbons (Fsp3) is 0.579. The van der Waals surface area contributed by atoms with Gasteiger partial charge in [-0.15, -0.1) is 5.10 Å². The first kappa shape index (κ1) is 13.7. The molecule has 1 heterocycles. The SMILES string of the molecule is c1ccc(-n2cnc(CNC3C4CC5CC(C4)CC3C5)n2)cc1. The van der Waals surface area contributed by atoms with Crippen molar-refractivity contribution in [3.8, 4) is 5.69 Å². The van der Waals surface area contributed by atoms with E-state index in [-0.39, 0.29) is 0 Å². The van der Waals surface area contributed by atoms with E-state index in [1.54, 1.807) is 0 Å². The Morgan fingerprint density at radius 2 is 1.65 bits per heavy atom. The summed E-state index contributed by atoms with van der Waals surface area (Å²) in [6.45, 7) is 0.798. The molecule has 4 nitrogen and oxygen atoms in total. The van der Waals surface area contributed by atoms with E-state index >= 15 is 0 Å². The van der Waals surface area contributed by atoms with Crippen LogP contribution < -0.4 is 5.32 Å². The predicted molar refractivity (Wildman–Crippen MR) is 89.0 cm³/mol. The van der Waals surface area contributed by atoms with Crippen LogP contribution in [0.4, 0.5) is 0 Å². The Hall–Kier alpha value is -1.68. The van der Waals surface area contributed by atoms with Gasteiger partial charge < -0.3 is 5.32 Å². The molecule has 1 N–H and O–H groups in total. The van der Waals surface area contributed by atoms with E-state index in [1.165, 1.54) is 32.1 Å². The number of aromatic nitrogens is 3. The topological polar surface area (TPSA) is 42.7 Å². The number of nitrogens with one attached hydrogen (secondary N) is 1. The van der Waals surface area contributed by atoms with E-state index in [2.05, 4.69) is 27.5 Å². The molecular formula is C19H24N4. The third-order valence-corrected chi connectivity index (χ3v) is 6.28. The molecular weight excluding hydrogens is 284 g/mol. The van der Waals surface area contributed by atoms with Crippen molar-refractivity contribution in [3.05, 3.63) is 42.5 Å². The van der Waals surface area contributed by atoms with Crippen LogP contribution in [0.3, 0.4) is 0 Å². The molecule has 4 saturated carbocycles. The molecule has 120 valence electrons. The minimum Gasteiger partial charge on any atom is -0.306 e. The highest BCUT2D eigenvalue weighted by atomic mass is 15.3. The van der Waals surface area contributed by atoms with Crippen molar-refractivity contribution < 1.29 is 0 Å². The van der Waals surface area contributed by atoms with Crippen LogP contribution >= 0.6 is 0 Å². The molecule has 0 aliphatic heterocycles. The zero-order valence-electron chi connectivity index (χ0n) is 13.4. The molecule has 4 fully saturated rings. The van der Waals surface area contributed by atoms with Crippen molar-refractivity contribution in [1.29, 1.82) is 0 Å². The Morgan fingerprint density at radius 3 is 2.35 bits per heavy atom. The molecule has 23 heavy (non-hydrogen) atoms. The van der Waals surface area contributed by atoms with Crippen LogP contribution in [-0.2, 0) is 6.54 Å². The van der Waals surface area contributed by atoms with Gasteiger partial charge in [0.15, 0.2) is 5.82 Å². The van der Waals surface area contributed by atoms with Gasteiger partial charge in [0.05, 0.1) is 12.2 Å². The second-order valence-corrected chi connectivity index (χ2v) is 7.78. The van der Waals surface area contributed by atoms with Gasteiger partial charge in [0, 0.05) is 6.04 Å². The largest absolute Gasteiger partial charge is 0.306 e. The summed E-state index contributed by atoms with van der Waals surface area (Å²) in [5.74, 6) is 4.78. The molecule has 0 atom stereocenters.